The third-order valence-electron chi connectivity index (χ3n) is 4.14. The van der Waals surface area contributed by atoms with Crippen molar-refractivity contribution in [2.45, 2.75) is 26.2 Å². The van der Waals surface area contributed by atoms with Crippen LogP contribution in [0.15, 0.2) is 18.2 Å². The van der Waals surface area contributed by atoms with Gasteiger partial charge in [-0.15, -0.1) is 0 Å². The van der Waals surface area contributed by atoms with E-state index in [0.717, 1.165) is 49.5 Å². The number of amides is 1. The van der Waals surface area contributed by atoms with Crippen molar-refractivity contribution in [3.63, 3.8) is 0 Å². The topological polar surface area (TPSA) is 41.6 Å². The van der Waals surface area contributed by atoms with Gasteiger partial charge in [0.05, 0.1) is 7.11 Å². The second-order valence-electron chi connectivity index (χ2n) is 5.18. The Kier molecular flexibility index (Phi) is 5.01. The Morgan fingerprint density at radius 3 is 2.75 bits per heavy atom. The maximum Gasteiger partial charge on any atom is 0.251 e. The summed E-state index contributed by atoms with van der Waals surface area (Å²) in [5, 5.41) is 2.99. The summed E-state index contributed by atoms with van der Waals surface area (Å²) < 4.78 is 5.29. The molecule has 0 radical (unpaired) electrons. The van der Waals surface area contributed by atoms with E-state index in [2.05, 4.69) is 24.1 Å². The lowest BCUT2D eigenvalue weighted by Gasteiger charge is -2.28. The van der Waals surface area contributed by atoms with Gasteiger partial charge in [-0.05, 0) is 49.8 Å². The van der Waals surface area contributed by atoms with Crippen molar-refractivity contribution in [2.24, 2.45) is 0 Å². The quantitative estimate of drug-likeness (QED) is 0.866. The van der Waals surface area contributed by atoms with E-state index in [0.29, 0.717) is 5.92 Å². The van der Waals surface area contributed by atoms with Gasteiger partial charge in [0.15, 0.2) is 0 Å². The molecule has 20 heavy (non-hydrogen) atoms. The van der Waals surface area contributed by atoms with Crippen LogP contribution in [0.25, 0.3) is 0 Å². The highest BCUT2D eigenvalue weighted by Crippen LogP contribution is 2.30. The predicted octanol–water partition coefficient (Wildman–Crippen LogP) is 2.25. The van der Waals surface area contributed by atoms with Crippen molar-refractivity contribution in [3.8, 4) is 5.75 Å². The zero-order chi connectivity index (χ0) is 14.5. The lowest BCUT2D eigenvalue weighted by atomic mass is 9.87. The molecule has 0 spiro atoms. The fourth-order valence-electron chi connectivity index (χ4n) is 2.77. The number of hydrogen-bond acceptors (Lipinski definition) is 3. The molecule has 1 N–H and O–H groups in total. The molecule has 1 amide bonds. The van der Waals surface area contributed by atoms with Crippen LogP contribution in [0.5, 0.6) is 5.75 Å². The molecule has 0 saturated heterocycles. The van der Waals surface area contributed by atoms with Crippen LogP contribution in [0.4, 0.5) is 0 Å². The van der Waals surface area contributed by atoms with Crippen LogP contribution in [0.1, 0.15) is 42.1 Å². The van der Waals surface area contributed by atoms with Gasteiger partial charge in [-0.3, -0.25) is 4.79 Å². The number of carbonyl (C=O) groups is 1. The molecule has 1 unspecified atom stereocenters. The van der Waals surface area contributed by atoms with Gasteiger partial charge < -0.3 is 15.0 Å². The molecule has 110 valence electrons. The second-order valence-corrected chi connectivity index (χ2v) is 5.18. The highest BCUT2D eigenvalue weighted by molar-refractivity contribution is 5.97. The Balaban J connectivity index is 2.16. The molecule has 0 saturated carbocycles. The Labute approximate surface area is 121 Å². The van der Waals surface area contributed by atoms with E-state index in [1.54, 1.807) is 7.11 Å². The number of hydrogen-bond donors (Lipinski definition) is 1. The first-order chi connectivity index (χ1) is 9.69. The summed E-state index contributed by atoms with van der Waals surface area (Å²) in [5.41, 5.74) is 1.92. The third-order valence-corrected chi connectivity index (χ3v) is 4.14. The van der Waals surface area contributed by atoms with Crippen LogP contribution in [0.2, 0.25) is 0 Å². The van der Waals surface area contributed by atoms with E-state index in [9.17, 15) is 4.79 Å². The van der Waals surface area contributed by atoms with Gasteiger partial charge in [0.1, 0.15) is 5.75 Å². The number of benzene rings is 1. The monoisotopic (exact) mass is 276 g/mol. The molecule has 0 fully saturated rings. The third kappa shape index (κ3) is 3.12. The number of fused-ring (bicyclic) bond motifs is 1. The van der Waals surface area contributed by atoms with Crippen LogP contribution in [-0.2, 0) is 0 Å². The van der Waals surface area contributed by atoms with E-state index < -0.39 is 0 Å². The van der Waals surface area contributed by atoms with Gasteiger partial charge in [-0.1, -0.05) is 13.8 Å². The number of nitrogens with zero attached hydrogens (tertiary/aromatic N) is 1. The first-order valence-corrected chi connectivity index (χ1v) is 7.38. The molecule has 1 aromatic rings. The zero-order valence-electron chi connectivity index (χ0n) is 12.6. The largest absolute Gasteiger partial charge is 0.497 e. The average Bonchev–Trinajstić information content (AvgIpc) is 2.49. The summed E-state index contributed by atoms with van der Waals surface area (Å²) in [4.78, 5) is 14.3. The van der Waals surface area contributed by atoms with Crippen LogP contribution in [-0.4, -0.2) is 44.1 Å². The minimum Gasteiger partial charge on any atom is -0.497 e. The number of nitrogens with one attached hydrogen (secondary N) is 1. The van der Waals surface area contributed by atoms with E-state index in [4.69, 9.17) is 4.74 Å². The summed E-state index contributed by atoms with van der Waals surface area (Å²) >= 11 is 0. The smallest absolute Gasteiger partial charge is 0.251 e. The molecular formula is C16H24N2O2. The van der Waals surface area contributed by atoms with E-state index in [1.165, 1.54) is 0 Å². The predicted molar refractivity (Wildman–Crippen MR) is 80.5 cm³/mol. The zero-order valence-corrected chi connectivity index (χ0v) is 12.6. The molecule has 0 aromatic heterocycles. The molecular weight excluding hydrogens is 252 g/mol. The number of methoxy groups -OCH3 is 1. The van der Waals surface area contributed by atoms with Crippen LogP contribution in [0.3, 0.4) is 0 Å². The summed E-state index contributed by atoms with van der Waals surface area (Å²) in [7, 11) is 1.66. The van der Waals surface area contributed by atoms with E-state index in [1.807, 2.05) is 18.2 Å². The first-order valence-electron chi connectivity index (χ1n) is 7.38. The Morgan fingerprint density at radius 1 is 1.35 bits per heavy atom. The van der Waals surface area contributed by atoms with E-state index in [-0.39, 0.29) is 5.91 Å². The second kappa shape index (κ2) is 6.75. The standard InChI is InChI=1S/C16H24N2O2/c1-4-18(5-2)9-8-12-11-17-16(19)14-7-6-13(20-3)10-15(12)14/h6-7,10,12H,4-5,8-9,11H2,1-3H3,(H,17,19). The summed E-state index contributed by atoms with van der Waals surface area (Å²) in [6.07, 6.45) is 1.06. The lowest BCUT2D eigenvalue weighted by molar-refractivity contribution is 0.0938. The van der Waals surface area contributed by atoms with Gasteiger partial charge in [-0.2, -0.15) is 0 Å². The molecule has 1 aromatic carbocycles. The number of ether oxygens (including phenoxy) is 1. The SMILES string of the molecule is CCN(CC)CCC1CNC(=O)c2ccc(OC)cc21. The van der Waals surface area contributed by atoms with Crippen LogP contribution >= 0.6 is 0 Å². The van der Waals surface area contributed by atoms with Crippen LogP contribution < -0.4 is 10.1 Å². The number of carbonyl (C=O) groups excluding carboxylic acids is 1. The molecule has 0 aliphatic carbocycles. The Morgan fingerprint density at radius 2 is 2.10 bits per heavy atom. The molecule has 4 nitrogen and oxygen atoms in total. The molecule has 1 aliphatic heterocycles. The minimum atomic E-state index is 0.0294. The number of rotatable bonds is 6. The lowest BCUT2D eigenvalue weighted by Crippen LogP contribution is -2.36. The summed E-state index contributed by atoms with van der Waals surface area (Å²) in [6.45, 7) is 8.29. The molecule has 1 aliphatic rings. The Bertz CT molecular complexity index is 470. The van der Waals surface area contributed by atoms with Crippen LogP contribution in [0, 0.1) is 0 Å². The first kappa shape index (κ1) is 14.9. The van der Waals surface area contributed by atoms with Crippen molar-refractivity contribution in [1.29, 1.82) is 0 Å². The minimum absolute atomic E-state index is 0.0294. The van der Waals surface area contributed by atoms with Crippen molar-refractivity contribution < 1.29 is 9.53 Å². The van der Waals surface area contributed by atoms with Crippen molar-refractivity contribution in [2.75, 3.05) is 33.3 Å². The maximum atomic E-state index is 11.9. The van der Waals surface area contributed by atoms with Crippen molar-refractivity contribution in [1.82, 2.24) is 10.2 Å². The molecule has 2 rings (SSSR count). The Hall–Kier alpha value is -1.55. The van der Waals surface area contributed by atoms with Gasteiger partial charge in [-0.25, -0.2) is 0 Å². The fourth-order valence-corrected chi connectivity index (χ4v) is 2.77. The molecule has 4 heteroatoms. The van der Waals surface area contributed by atoms with Gasteiger partial charge in [0.2, 0.25) is 0 Å². The summed E-state index contributed by atoms with van der Waals surface area (Å²) in [5.74, 6) is 1.23. The highest BCUT2D eigenvalue weighted by Gasteiger charge is 2.25. The van der Waals surface area contributed by atoms with Gasteiger partial charge >= 0.3 is 0 Å². The highest BCUT2D eigenvalue weighted by atomic mass is 16.5. The maximum absolute atomic E-state index is 11.9. The molecule has 0 bridgehead atoms. The molecule has 1 heterocycles. The summed E-state index contributed by atoms with van der Waals surface area (Å²) in [6, 6.07) is 5.74. The fraction of sp³-hybridized carbons (Fsp3) is 0.562. The molecule has 1 atom stereocenters. The van der Waals surface area contributed by atoms with Gasteiger partial charge in [0.25, 0.3) is 5.91 Å². The van der Waals surface area contributed by atoms with E-state index >= 15 is 0 Å². The van der Waals surface area contributed by atoms with Gasteiger partial charge in [0, 0.05) is 18.0 Å². The van der Waals surface area contributed by atoms with Crippen molar-refractivity contribution >= 4 is 5.91 Å². The normalized spacial score (nSPS) is 17.8. The average molecular weight is 276 g/mol. The van der Waals surface area contributed by atoms with Crippen molar-refractivity contribution in [3.05, 3.63) is 29.3 Å².